The van der Waals surface area contributed by atoms with Crippen molar-refractivity contribution in [1.82, 2.24) is 4.98 Å². The normalized spacial score (nSPS) is 11.9. The van der Waals surface area contributed by atoms with Gasteiger partial charge in [0, 0.05) is 0 Å². The quantitative estimate of drug-likeness (QED) is 0.340. The molecule has 11 heteroatoms. The Labute approximate surface area is 190 Å². The molecule has 2 aliphatic rings. The SMILES string of the molecule is CCCc1cc2nc3ccccc3sc-2cc1=Nc1ccccc1S(=O)(=O)O.O=S(=O)=O. The fourth-order valence-electron chi connectivity index (χ4n) is 3.13. The minimum atomic E-state index is -4.35. The molecule has 1 N–H and O–H groups in total. The van der Waals surface area contributed by atoms with E-state index in [0.717, 1.165) is 39.2 Å². The Hall–Kier alpha value is -2.99. The van der Waals surface area contributed by atoms with Crippen molar-refractivity contribution in [3.63, 3.8) is 0 Å². The fourth-order valence-corrected chi connectivity index (χ4v) is 4.74. The van der Waals surface area contributed by atoms with E-state index in [1.54, 1.807) is 29.5 Å². The molecule has 0 amide bonds. The highest BCUT2D eigenvalue weighted by Gasteiger charge is 2.15. The number of para-hydroxylation sites is 2. The van der Waals surface area contributed by atoms with Crippen LogP contribution >= 0.6 is 11.3 Å². The molecule has 0 atom stereocenters. The highest BCUT2D eigenvalue weighted by atomic mass is 32.2. The van der Waals surface area contributed by atoms with Gasteiger partial charge >= 0.3 is 10.6 Å². The number of aromatic nitrogens is 1. The Morgan fingerprint density at radius 2 is 1.69 bits per heavy atom. The molecular formula is C21H18N2O6S3. The molecule has 1 heterocycles. The first kappa shape index (κ1) is 23.7. The molecule has 1 aliphatic carbocycles. The van der Waals surface area contributed by atoms with E-state index in [-0.39, 0.29) is 10.6 Å². The van der Waals surface area contributed by atoms with Crippen molar-refractivity contribution in [3.8, 4) is 10.6 Å². The molecule has 0 saturated heterocycles. The third-order valence-corrected chi connectivity index (χ3v) is 6.40. The summed E-state index contributed by atoms with van der Waals surface area (Å²) >= 11 is 1.62. The number of nitrogens with zero attached hydrogens (tertiary/aromatic N) is 2. The van der Waals surface area contributed by atoms with Gasteiger partial charge in [-0.2, -0.15) is 8.42 Å². The predicted molar refractivity (Wildman–Crippen MR) is 121 cm³/mol. The third kappa shape index (κ3) is 5.82. The Kier molecular flexibility index (Phi) is 7.46. The zero-order valence-corrected chi connectivity index (χ0v) is 19.2. The van der Waals surface area contributed by atoms with Crippen LogP contribution < -0.4 is 5.36 Å². The summed E-state index contributed by atoms with van der Waals surface area (Å²) in [6.45, 7) is 2.08. The van der Waals surface area contributed by atoms with E-state index in [0.29, 0.717) is 5.36 Å². The van der Waals surface area contributed by atoms with Crippen molar-refractivity contribution in [3.05, 3.63) is 71.6 Å². The van der Waals surface area contributed by atoms with E-state index < -0.39 is 20.7 Å². The van der Waals surface area contributed by atoms with Crippen LogP contribution in [0.5, 0.6) is 0 Å². The molecule has 1 aliphatic heterocycles. The lowest BCUT2D eigenvalue weighted by molar-refractivity contribution is 0.483. The van der Waals surface area contributed by atoms with Gasteiger partial charge in [0.15, 0.2) is 0 Å². The van der Waals surface area contributed by atoms with E-state index in [1.165, 1.54) is 6.07 Å². The Morgan fingerprint density at radius 3 is 2.38 bits per heavy atom. The van der Waals surface area contributed by atoms with Crippen molar-refractivity contribution < 1.29 is 25.6 Å². The molecule has 4 rings (SSSR count). The summed E-state index contributed by atoms with van der Waals surface area (Å²) in [7, 11) is -7.46. The van der Waals surface area contributed by atoms with Gasteiger partial charge in [-0.15, -0.1) is 24.0 Å². The number of hydrogen-bond donors (Lipinski definition) is 1. The second-order valence-electron chi connectivity index (χ2n) is 6.64. The third-order valence-electron chi connectivity index (χ3n) is 4.39. The minimum absolute atomic E-state index is 0.196. The lowest BCUT2D eigenvalue weighted by Gasteiger charge is -2.10. The topological polar surface area (TPSA) is 131 Å². The molecule has 0 aromatic heterocycles. The summed E-state index contributed by atoms with van der Waals surface area (Å²) in [5.74, 6) is 0. The highest BCUT2D eigenvalue weighted by molar-refractivity contribution is 7.86. The van der Waals surface area contributed by atoms with Crippen LogP contribution in [0, 0.1) is 0 Å². The van der Waals surface area contributed by atoms with Gasteiger partial charge in [-0.1, -0.05) is 37.6 Å². The number of hydrogen-bond acceptors (Lipinski definition) is 8. The summed E-state index contributed by atoms with van der Waals surface area (Å²) in [5.41, 5.74) is 3.06. The van der Waals surface area contributed by atoms with Gasteiger partial charge < -0.3 is 0 Å². The molecule has 32 heavy (non-hydrogen) atoms. The average Bonchev–Trinajstić information content (AvgIpc) is 2.72. The molecular weight excluding hydrogens is 472 g/mol. The maximum atomic E-state index is 11.7. The lowest BCUT2D eigenvalue weighted by atomic mass is 10.1. The first-order chi connectivity index (χ1) is 15.2. The average molecular weight is 491 g/mol. The van der Waals surface area contributed by atoms with Crippen molar-refractivity contribution in [2.24, 2.45) is 4.99 Å². The molecule has 0 spiro atoms. The number of rotatable bonds is 4. The van der Waals surface area contributed by atoms with Crippen LogP contribution in [0.2, 0.25) is 0 Å². The molecule has 8 nitrogen and oxygen atoms in total. The molecule has 0 saturated carbocycles. The monoisotopic (exact) mass is 490 g/mol. The fraction of sp³-hybridized carbons (Fsp3) is 0.143. The van der Waals surface area contributed by atoms with Crippen molar-refractivity contribution in [1.29, 1.82) is 0 Å². The van der Waals surface area contributed by atoms with Gasteiger partial charge in [-0.05, 0) is 48.4 Å². The standard InChI is InChI=1S/C21H18N2O3S2.O3S/c1-2-7-14-12-18-20(27-19-10-5-3-8-15(19)22-18)13-17(14)23-16-9-4-6-11-21(16)28(24,25)26;1-4(2)3/h3-6,8-13H,2,7H2,1H3,(H,24,25,26);. The van der Waals surface area contributed by atoms with Gasteiger partial charge in [-0.25, -0.2) is 9.98 Å². The summed E-state index contributed by atoms with van der Waals surface area (Å²) in [6, 6.07) is 18.1. The maximum Gasteiger partial charge on any atom is 0.425 e. The molecule has 0 unspecified atom stereocenters. The van der Waals surface area contributed by atoms with Crippen LogP contribution in [0.15, 0.2) is 70.6 Å². The van der Waals surface area contributed by atoms with E-state index in [9.17, 15) is 13.0 Å². The number of aryl methyl sites for hydroxylation is 1. The molecule has 2 aromatic rings. The predicted octanol–water partition coefficient (Wildman–Crippen LogP) is 3.83. The van der Waals surface area contributed by atoms with E-state index in [4.69, 9.17) is 17.6 Å². The second-order valence-corrected chi connectivity index (χ2v) is 9.52. The molecule has 0 fully saturated rings. The van der Waals surface area contributed by atoms with E-state index in [1.807, 2.05) is 36.4 Å². The summed E-state index contributed by atoms with van der Waals surface area (Å²) < 4.78 is 59.3. The largest absolute Gasteiger partial charge is 0.425 e. The van der Waals surface area contributed by atoms with Gasteiger partial charge in [0.25, 0.3) is 10.1 Å². The Bertz CT molecular complexity index is 1520. The van der Waals surface area contributed by atoms with Crippen LogP contribution in [0.4, 0.5) is 5.69 Å². The van der Waals surface area contributed by atoms with Crippen LogP contribution in [-0.4, -0.2) is 30.6 Å². The van der Waals surface area contributed by atoms with Crippen LogP contribution in [0.1, 0.15) is 18.9 Å². The molecule has 166 valence electrons. The number of fused-ring (bicyclic) bond motifs is 2. The minimum Gasteiger partial charge on any atom is -0.282 e. The summed E-state index contributed by atoms with van der Waals surface area (Å²) in [4.78, 5) is 10.1. The van der Waals surface area contributed by atoms with E-state index in [2.05, 4.69) is 11.9 Å². The van der Waals surface area contributed by atoms with Crippen LogP contribution in [-0.2, 0) is 27.1 Å². The van der Waals surface area contributed by atoms with Crippen molar-refractivity contribution >= 4 is 48.0 Å². The highest BCUT2D eigenvalue weighted by Crippen LogP contribution is 2.30. The Morgan fingerprint density at radius 1 is 1.03 bits per heavy atom. The van der Waals surface area contributed by atoms with Gasteiger partial charge in [0.2, 0.25) is 0 Å². The van der Waals surface area contributed by atoms with Gasteiger partial charge in [0.1, 0.15) is 4.90 Å². The van der Waals surface area contributed by atoms with Crippen LogP contribution in [0.25, 0.3) is 20.8 Å². The molecule has 0 bridgehead atoms. The molecule has 2 aromatic carbocycles. The molecule has 0 radical (unpaired) electrons. The zero-order chi connectivity index (χ0) is 23.3. The first-order valence-corrected chi connectivity index (χ1v) is 12.6. The van der Waals surface area contributed by atoms with E-state index >= 15 is 0 Å². The smallest absolute Gasteiger partial charge is 0.282 e. The lowest BCUT2D eigenvalue weighted by Crippen LogP contribution is -2.11. The number of benzene rings is 3. The summed E-state index contributed by atoms with van der Waals surface area (Å²) in [6.07, 6.45) is 1.72. The van der Waals surface area contributed by atoms with Gasteiger partial charge in [0.05, 0.1) is 31.8 Å². The maximum absolute atomic E-state index is 11.7. The van der Waals surface area contributed by atoms with Crippen LogP contribution in [0.3, 0.4) is 0 Å². The summed E-state index contributed by atoms with van der Waals surface area (Å²) in [5, 5.41) is 0.693. The van der Waals surface area contributed by atoms with Crippen molar-refractivity contribution in [2.45, 2.75) is 24.7 Å². The zero-order valence-electron chi connectivity index (χ0n) is 16.8. The van der Waals surface area contributed by atoms with Gasteiger partial charge in [-0.3, -0.25) is 4.55 Å². The Balaban J connectivity index is 0.000000668. The first-order valence-electron chi connectivity index (χ1n) is 9.39. The van der Waals surface area contributed by atoms with Crippen molar-refractivity contribution in [2.75, 3.05) is 0 Å². The second kappa shape index (κ2) is 10.1.